The van der Waals surface area contributed by atoms with Gasteiger partial charge in [0.25, 0.3) is 5.91 Å². The van der Waals surface area contributed by atoms with Crippen LogP contribution in [0, 0.1) is 0 Å². The summed E-state index contributed by atoms with van der Waals surface area (Å²) < 4.78 is 32.9. The number of halogens is 1. The van der Waals surface area contributed by atoms with Gasteiger partial charge >= 0.3 is 0 Å². The molecule has 0 fully saturated rings. The summed E-state index contributed by atoms with van der Waals surface area (Å²) >= 11 is 3.27. The van der Waals surface area contributed by atoms with Crippen molar-refractivity contribution < 1.29 is 17.9 Å². The van der Waals surface area contributed by atoms with Crippen molar-refractivity contribution in [3.8, 4) is 5.75 Å². The van der Waals surface area contributed by atoms with Crippen LogP contribution in [0.25, 0.3) is 0 Å². The molecule has 0 spiro atoms. The molecule has 128 valence electrons. The zero-order valence-corrected chi connectivity index (χ0v) is 15.1. The van der Waals surface area contributed by atoms with E-state index in [1.807, 2.05) is 6.07 Å². The van der Waals surface area contributed by atoms with Gasteiger partial charge in [0.05, 0.1) is 4.90 Å². The maximum atomic E-state index is 12.2. The molecule has 0 unspecified atom stereocenters. The van der Waals surface area contributed by atoms with Crippen molar-refractivity contribution in [3.05, 3.63) is 58.6 Å². The lowest BCUT2D eigenvalue weighted by Gasteiger charge is -2.08. The van der Waals surface area contributed by atoms with E-state index in [0.717, 1.165) is 10.0 Å². The maximum Gasteiger partial charge on any atom is 0.255 e. The molecule has 2 rings (SSSR count). The number of benzene rings is 2. The maximum absolute atomic E-state index is 12.2. The summed E-state index contributed by atoms with van der Waals surface area (Å²) in [4.78, 5) is 10.9. The van der Waals surface area contributed by atoms with E-state index in [-0.39, 0.29) is 18.0 Å². The number of amides is 1. The van der Waals surface area contributed by atoms with Crippen molar-refractivity contribution in [2.75, 3.05) is 13.2 Å². The predicted molar refractivity (Wildman–Crippen MR) is 94.2 cm³/mol. The number of ether oxygens (including phenoxy) is 1. The Morgan fingerprint density at radius 3 is 2.54 bits per heavy atom. The van der Waals surface area contributed by atoms with Crippen molar-refractivity contribution in [2.45, 2.75) is 11.3 Å². The van der Waals surface area contributed by atoms with Gasteiger partial charge in [-0.2, -0.15) is 0 Å². The standard InChI is InChI=1S/C16H17BrN2O4S/c17-13-4-6-15(7-5-13)24(21,22)19-9-8-12-2-1-3-14(10-12)23-11-16(18)20/h1-7,10,19H,8-9,11H2,(H2,18,20). The van der Waals surface area contributed by atoms with E-state index in [0.29, 0.717) is 12.2 Å². The fourth-order valence-electron chi connectivity index (χ4n) is 1.97. The normalized spacial score (nSPS) is 11.2. The molecule has 0 aromatic heterocycles. The van der Waals surface area contributed by atoms with E-state index < -0.39 is 15.9 Å². The van der Waals surface area contributed by atoms with E-state index in [4.69, 9.17) is 10.5 Å². The van der Waals surface area contributed by atoms with Crippen molar-refractivity contribution in [3.63, 3.8) is 0 Å². The van der Waals surface area contributed by atoms with Crippen molar-refractivity contribution >= 4 is 31.9 Å². The van der Waals surface area contributed by atoms with Gasteiger partial charge in [-0.25, -0.2) is 13.1 Å². The van der Waals surface area contributed by atoms with Gasteiger partial charge in [-0.15, -0.1) is 0 Å². The van der Waals surface area contributed by atoms with Gasteiger partial charge in [0.2, 0.25) is 10.0 Å². The SMILES string of the molecule is NC(=O)COc1cccc(CCNS(=O)(=O)c2ccc(Br)cc2)c1. The number of primary amides is 1. The number of rotatable bonds is 8. The van der Waals surface area contributed by atoms with Crippen LogP contribution in [0.3, 0.4) is 0 Å². The van der Waals surface area contributed by atoms with Crippen molar-refractivity contribution in [1.29, 1.82) is 0 Å². The molecular formula is C16H17BrN2O4S. The van der Waals surface area contributed by atoms with E-state index in [1.165, 1.54) is 12.1 Å². The van der Waals surface area contributed by atoms with E-state index in [9.17, 15) is 13.2 Å². The Morgan fingerprint density at radius 1 is 1.17 bits per heavy atom. The molecule has 0 radical (unpaired) electrons. The smallest absolute Gasteiger partial charge is 0.255 e. The van der Waals surface area contributed by atoms with Gasteiger partial charge in [0, 0.05) is 11.0 Å². The summed E-state index contributed by atoms with van der Waals surface area (Å²) in [6, 6.07) is 13.5. The first-order valence-corrected chi connectivity index (χ1v) is 9.40. The van der Waals surface area contributed by atoms with Gasteiger partial charge in [-0.05, 0) is 48.4 Å². The topological polar surface area (TPSA) is 98.5 Å². The van der Waals surface area contributed by atoms with Gasteiger partial charge in [0.15, 0.2) is 6.61 Å². The van der Waals surface area contributed by atoms with Crippen LogP contribution in [-0.4, -0.2) is 27.5 Å². The first-order valence-electron chi connectivity index (χ1n) is 7.12. The second-order valence-corrected chi connectivity index (χ2v) is 7.69. The quantitative estimate of drug-likeness (QED) is 0.690. The van der Waals surface area contributed by atoms with E-state index >= 15 is 0 Å². The largest absolute Gasteiger partial charge is 0.484 e. The molecule has 0 aliphatic rings. The molecule has 0 bridgehead atoms. The van der Waals surface area contributed by atoms with Crippen LogP contribution in [0.15, 0.2) is 57.9 Å². The zero-order valence-electron chi connectivity index (χ0n) is 12.7. The molecule has 1 amide bonds. The molecule has 3 N–H and O–H groups in total. The second-order valence-electron chi connectivity index (χ2n) is 5.00. The van der Waals surface area contributed by atoms with Gasteiger partial charge < -0.3 is 10.5 Å². The monoisotopic (exact) mass is 412 g/mol. The second kappa shape index (κ2) is 8.27. The van der Waals surface area contributed by atoms with Crippen LogP contribution in [0.4, 0.5) is 0 Å². The molecule has 0 aliphatic heterocycles. The highest BCUT2D eigenvalue weighted by Crippen LogP contribution is 2.15. The Morgan fingerprint density at radius 2 is 1.88 bits per heavy atom. The molecule has 24 heavy (non-hydrogen) atoms. The molecule has 2 aromatic carbocycles. The van der Waals surface area contributed by atoms with Crippen molar-refractivity contribution in [1.82, 2.24) is 4.72 Å². The fraction of sp³-hybridized carbons (Fsp3) is 0.188. The fourth-order valence-corrected chi connectivity index (χ4v) is 3.27. The minimum absolute atomic E-state index is 0.195. The molecule has 0 saturated carbocycles. The summed E-state index contributed by atoms with van der Waals surface area (Å²) in [6.45, 7) is 0.0529. The van der Waals surface area contributed by atoms with Crippen LogP contribution >= 0.6 is 15.9 Å². The lowest BCUT2D eigenvalue weighted by molar-refractivity contribution is -0.119. The summed E-state index contributed by atoms with van der Waals surface area (Å²) in [5, 5.41) is 0. The minimum atomic E-state index is -3.54. The Bertz CT molecular complexity index is 807. The highest BCUT2D eigenvalue weighted by molar-refractivity contribution is 9.10. The molecule has 0 atom stereocenters. The average Bonchev–Trinajstić information content (AvgIpc) is 2.53. The molecule has 6 nitrogen and oxygen atoms in total. The minimum Gasteiger partial charge on any atom is -0.484 e. The molecule has 0 heterocycles. The van der Waals surface area contributed by atoms with E-state index in [1.54, 1.807) is 30.3 Å². The number of nitrogens with one attached hydrogen (secondary N) is 1. The lowest BCUT2D eigenvalue weighted by Crippen LogP contribution is -2.26. The van der Waals surface area contributed by atoms with E-state index in [2.05, 4.69) is 20.7 Å². The van der Waals surface area contributed by atoms with Crippen LogP contribution < -0.4 is 15.2 Å². The lowest BCUT2D eigenvalue weighted by atomic mass is 10.1. The third-order valence-electron chi connectivity index (χ3n) is 3.11. The first kappa shape index (κ1) is 18.4. The third kappa shape index (κ3) is 5.63. The van der Waals surface area contributed by atoms with Crippen LogP contribution in [-0.2, 0) is 21.2 Å². The third-order valence-corrected chi connectivity index (χ3v) is 5.11. The highest BCUT2D eigenvalue weighted by Gasteiger charge is 2.12. The van der Waals surface area contributed by atoms with Gasteiger partial charge in [-0.1, -0.05) is 28.1 Å². The van der Waals surface area contributed by atoms with Crippen LogP contribution in [0.2, 0.25) is 0 Å². The molecule has 2 aromatic rings. The van der Waals surface area contributed by atoms with Gasteiger partial charge in [-0.3, -0.25) is 4.79 Å². The van der Waals surface area contributed by atoms with Crippen molar-refractivity contribution in [2.24, 2.45) is 5.73 Å². The Labute approximate surface area is 149 Å². The number of carbonyl (C=O) groups excluding carboxylic acids is 1. The summed E-state index contributed by atoms with van der Waals surface area (Å²) in [6.07, 6.45) is 0.490. The molecular weight excluding hydrogens is 396 g/mol. The number of carbonyl (C=O) groups is 1. The summed E-state index contributed by atoms with van der Waals surface area (Å²) in [7, 11) is -3.54. The molecule has 8 heteroatoms. The Kier molecular flexibility index (Phi) is 6.36. The predicted octanol–water partition coefficient (Wildman–Crippen LogP) is 1.83. The van der Waals surface area contributed by atoms with Gasteiger partial charge in [0.1, 0.15) is 5.75 Å². The number of sulfonamides is 1. The Balaban J connectivity index is 1.92. The zero-order chi connectivity index (χ0) is 17.6. The average molecular weight is 413 g/mol. The number of hydrogen-bond donors (Lipinski definition) is 2. The van der Waals surface area contributed by atoms with Crippen LogP contribution in [0.5, 0.6) is 5.75 Å². The molecule has 0 saturated heterocycles. The summed E-state index contributed by atoms with van der Waals surface area (Å²) in [5.74, 6) is -0.0373. The Hall–Kier alpha value is -1.90. The first-order chi connectivity index (χ1) is 11.4. The number of nitrogens with two attached hydrogens (primary N) is 1. The number of hydrogen-bond acceptors (Lipinski definition) is 4. The summed E-state index contributed by atoms with van der Waals surface area (Å²) in [5.41, 5.74) is 5.91. The highest BCUT2D eigenvalue weighted by atomic mass is 79.9. The van der Waals surface area contributed by atoms with Crippen LogP contribution in [0.1, 0.15) is 5.56 Å². The molecule has 0 aliphatic carbocycles.